The molecule has 114 valence electrons. The summed E-state index contributed by atoms with van der Waals surface area (Å²) in [5.41, 5.74) is 5.01. The van der Waals surface area contributed by atoms with E-state index in [1.54, 1.807) is 0 Å². The maximum absolute atomic E-state index is 4.76. The third kappa shape index (κ3) is 2.52. The minimum atomic E-state index is 0.770. The van der Waals surface area contributed by atoms with E-state index in [2.05, 4.69) is 61.2 Å². The lowest BCUT2D eigenvalue weighted by Gasteiger charge is -2.13. The molecule has 2 heterocycles. The first kappa shape index (κ1) is 14.7. The van der Waals surface area contributed by atoms with Gasteiger partial charge in [-0.1, -0.05) is 12.1 Å². The van der Waals surface area contributed by atoms with Crippen molar-refractivity contribution < 1.29 is 0 Å². The summed E-state index contributed by atoms with van der Waals surface area (Å²) in [6.45, 7) is 2.06. The first-order valence-electron chi connectivity index (χ1n) is 7.07. The number of nitrogens with zero attached hydrogens (tertiary/aromatic N) is 3. The molecule has 23 heavy (non-hydrogen) atoms. The van der Waals surface area contributed by atoms with E-state index < -0.39 is 0 Å². The molecule has 0 aliphatic heterocycles. The molecule has 0 atom stereocenters. The molecule has 0 saturated carbocycles. The molecule has 0 radical (unpaired) electrons. The highest BCUT2D eigenvalue weighted by molar-refractivity contribution is 9.11. The first-order chi connectivity index (χ1) is 11.1. The van der Waals surface area contributed by atoms with Gasteiger partial charge in [-0.15, -0.1) is 0 Å². The Bertz CT molecular complexity index is 1020. The fourth-order valence-corrected chi connectivity index (χ4v) is 4.25. The predicted octanol–water partition coefficient (Wildman–Crippen LogP) is 5.46. The number of fused-ring (bicyclic) bond motifs is 3. The van der Waals surface area contributed by atoms with E-state index >= 15 is 0 Å². The van der Waals surface area contributed by atoms with Crippen molar-refractivity contribution in [2.24, 2.45) is 0 Å². The van der Waals surface area contributed by atoms with Gasteiger partial charge in [-0.25, -0.2) is 9.97 Å². The molecule has 1 N–H and O–H groups in total. The molecule has 4 nitrogen and oxygen atoms in total. The molecule has 4 rings (SSSR count). The van der Waals surface area contributed by atoms with Crippen molar-refractivity contribution in [3.05, 3.63) is 63.4 Å². The average Bonchev–Trinajstić information content (AvgIpc) is 3.00. The van der Waals surface area contributed by atoms with Crippen molar-refractivity contribution in [3.63, 3.8) is 0 Å². The van der Waals surface area contributed by atoms with Gasteiger partial charge < -0.3 is 5.32 Å². The van der Waals surface area contributed by atoms with Crippen molar-refractivity contribution in [1.29, 1.82) is 0 Å². The molecule has 2 aromatic carbocycles. The maximum Gasteiger partial charge on any atom is 0.157 e. The second-order valence-corrected chi connectivity index (χ2v) is 7.04. The number of para-hydroxylation sites is 2. The monoisotopic (exact) mass is 430 g/mol. The second-order valence-electron chi connectivity index (χ2n) is 5.33. The summed E-state index contributed by atoms with van der Waals surface area (Å²) >= 11 is 7.23. The Hall–Kier alpha value is -1.92. The minimum Gasteiger partial charge on any atom is -0.337 e. The van der Waals surface area contributed by atoms with Crippen molar-refractivity contribution in [1.82, 2.24) is 14.4 Å². The van der Waals surface area contributed by atoms with Gasteiger partial charge in [0.15, 0.2) is 5.82 Å². The largest absolute Gasteiger partial charge is 0.337 e. The summed E-state index contributed by atoms with van der Waals surface area (Å²) in [6, 6.07) is 12.2. The summed E-state index contributed by atoms with van der Waals surface area (Å²) in [6.07, 6.45) is 3.63. The average molecular weight is 432 g/mol. The van der Waals surface area contributed by atoms with Crippen LogP contribution in [-0.2, 0) is 0 Å². The summed E-state index contributed by atoms with van der Waals surface area (Å²) in [5.74, 6) is 0.770. The number of aromatic nitrogens is 3. The fraction of sp³-hybridized carbons (Fsp3) is 0.0588. The summed E-state index contributed by atoms with van der Waals surface area (Å²) in [4.78, 5) is 9.03. The number of imidazole rings is 1. The van der Waals surface area contributed by atoms with E-state index in [4.69, 9.17) is 4.98 Å². The SMILES string of the molecule is Cc1cc(Br)c(Nc2nc3ccccc3n3cncc23)c(Br)c1. The molecule has 0 unspecified atom stereocenters. The zero-order chi connectivity index (χ0) is 16.0. The Kier molecular flexibility index (Phi) is 3.58. The lowest BCUT2D eigenvalue weighted by Crippen LogP contribution is -2.00. The van der Waals surface area contributed by atoms with Gasteiger partial charge in [0.05, 0.1) is 29.2 Å². The Morgan fingerprint density at radius 2 is 1.78 bits per heavy atom. The van der Waals surface area contributed by atoms with Crippen LogP contribution in [0.4, 0.5) is 11.5 Å². The van der Waals surface area contributed by atoms with Gasteiger partial charge in [0.2, 0.25) is 0 Å². The van der Waals surface area contributed by atoms with Gasteiger partial charge in [-0.05, 0) is 68.6 Å². The Morgan fingerprint density at radius 1 is 1.04 bits per heavy atom. The number of rotatable bonds is 2. The summed E-state index contributed by atoms with van der Waals surface area (Å²) in [5, 5.41) is 3.42. The summed E-state index contributed by atoms with van der Waals surface area (Å²) < 4.78 is 4.01. The van der Waals surface area contributed by atoms with Crippen LogP contribution < -0.4 is 5.32 Å². The third-order valence-corrected chi connectivity index (χ3v) is 4.94. The van der Waals surface area contributed by atoms with Crippen LogP contribution in [0.5, 0.6) is 0 Å². The van der Waals surface area contributed by atoms with E-state index in [-0.39, 0.29) is 0 Å². The van der Waals surface area contributed by atoms with Gasteiger partial charge in [-0.2, -0.15) is 0 Å². The van der Waals surface area contributed by atoms with Crippen molar-refractivity contribution in [2.45, 2.75) is 6.92 Å². The lowest BCUT2D eigenvalue weighted by atomic mass is 10.2. The van der Waals surface area contributed by atoms with Crippen LogP contribution in [0.15, 0.2) is 57.9 Å². The van der Waals surface area contributed by atoms with Crippen molar-refractivity contribution in [3.8, 4) is 0 Å². The number of anilines is 2. The first-order valence-corrected chi connectivity index (χ1v) is 8.65. The van der Waals surface area contributed by atoms with E-state index in [9.17, 15) is 0 Å². The Balaban J connectivity index is 1.93. The summed E-state index contributed by atoms with van der Waals surface area (Å²) in [7, 11) is 0. The number of hydrogen-bond acceptors (Lipinski definition) is 3. The highest BCUT2D eigenvalue weighted by atomic mass is 79.9. The fourth-order valence-electron chi connectivity index (χ4n) is 2.63. The van der Waals surface area contributed by atoms with Crippen LogP contribution in [-0.4, -0.2) is 14.4 Å². The molecular formula is C17H12Br2N4. The van der Waals surface area contributed by atoms with Crippen LogP contribution >= 0.6 is 31.9 Å². The van der Waals surface area contributed by atoms with Gasteiger partial charge in [0.1, 0.15) is 5.52 Å². The topological polar surface area (TPSA) is 42.2 Å². The van der Waals surface area contributed by atoms with Crippen LogP contribution in [0, 0.1) is 6.92 Å². The molecular weight excluding hydrogens is 420 g/mol. The number of halogens is 2. The predicted molar refractivity (Wildman–Crippen MR) is 100 cm³/mol. The number of nitrogens with one attached hydrogen (secondary N) is 1. The zero-order valence-corrected chi connectivity index (χ0v) is 15.4. The highest BCUT2D eigenvalue weighted by Gasteiger charge is 2.12. The molecule has 6 heteroatoms. The smallest absolute Gasteiger partial charge is 0.157 e. The van der Waals surface area contributed by atoms with E-state index in [0.717, 1.165) is 37.0 Å². The molecule has 4 aromatic rings. The van der Waals surface area contributed by atoms with E-state index in [1.165, 1.54) is 5.56 Å². The zero-order valence-electron chi connectivity index (χ0n) is 12.2. The van der Waals surface area contributed by atoms with Crippen LogP contribution in [0.3, 0.4) is 0 Å². The van der Waals surface area contributed by atoms with Crippen LogP contribution in [0.1, 0.15) is 5.56 Å². The number of hydrogen-bond donors (Lipinski definition) is 1. The van der Waals surface area contributed by atoms with Crippen molar-refractivity contribution in [2.75, 3.05) is 5.32 Å². The lowest BCUT2D eigenvalue weighted by molar-refractivity contribution is 1.19. The molecule has 0 amide bonds. The standard InChI is InChI=1S/C17H12Br2N4/c1-10-6-11(18)16(12(19)7-10)22-17-15-8-20-9-23(15)14-5-3-2-4-13(14)21-17/h2-9H,1H3,(H,21,22). The second kappa shape index (κ2) is 5.62. The Labute approximate surface area is 149 Å². The van der Waals surface area contributed by atoms with E-state index in [1.807, 2.05) is 41.2 Å². The van der Waals surface area contributed by atoms with E-state index in [0.29, 0.717) is 0 Å². The third-order valence-electron chi connectivity index (χ3n) is 3.68. The minimum absolute atomic E-state index is 0.770. The molecule has 0 aliphatic rings. The van der Waals surface area contributed by atoms with Crippen LogP contribution in [0.2, 0.25) is 0 Å². The molecule has 0 spiro atoms. The van der Waals surface area contributed by atoms with Gasteiger partial charge in [-0.3, -0.25) is 4.40 Å². The molecule has 0 fully saturated rings. The van der Waals surface area contributed by atoms with Gasteiger partial charge in [0, 0.05) is 8.95 Å². The normalized spacial score (nSPS) is 11.3. The maximum atomic E-state index is 4.76. The van der Waals surface area contributed by atoms with Gasteiger partial charge in [0.25, 0.3) is 0 Å². The molecule has 2 aromatic heterocycles. The number of aryl methyl sites for hydroxylation is 1. The quantitative estimate of drug-likeness (QED) is 0.458. The van der Waals surface area contributed by atoms with Crippen LogP contribution in [0.25, 0.3) is 16.6 Å². The highest BCUT2D eigenvalue weighted by Crippen LogP contribution is 2.35. The van der Waals surface area contributed by atoms with Crippen molar-refractivity contribution >= 4 is 59.9 Å². The van der Waals surface area contributed by atoms with Gasteiger partial charge >= 0.3 is 0 Å². The molecule has 0 bridgehead atoms. The molecule has 0 saturated heterocycles. The molecule has 0 aliphatic carbocycles. The Morgan fingerprint density at radius 3 is 2.57 bits per heavy atom. The number of benzene rings is 2.